The average Bonchev–Trinajstić information content (AvgIpc) is 2.26. The zero-order chi connectivity index (χ0) is 12.2. The smallest absolute Gasteiger partial charge is 0.311 e. The van der Waals surface area contributed by atoms with Crippen molar-refractivity contribution < 1.29 is 9.90 Å². The zero-order valence-electron chi connectivity index (χ0n) is 9.82. The molecule has 0 saturated heterocycles. The predicted octanol–water partition coefficient (Wildman–Crippen LogP) is 1.70. The number of aromatic nitrogens is 2. The topological polar surface area (TPSA) is 75.1 Å². The van der Waals surface area contributed by atoms with Gasteiger partial charge in [-0.1, -0.05) is 6.92 Å². The Kier molecular flexibility index (Phi) is 3.82. The van der Waals surface area contributed by atoms with Crippen LogP contribution in [0.5, 0.6) is 0 Å². The van der Waals surface area contributed by atoms with E-state index in [1.807, 2.05) is 13.8 Å². The molecule has 1 heterocycles. The van der Waals surface area contributed by atoms with Crippen molar-refractivity contribution in [3.63, 3.8) is 0 Å². The number of carboxylic acids is 1. The third-order valence-corrected chi connectivity index (χ3v) is 2.76. The van der Waals surface area contributed by atoms with Gasteiger partial charge in [0.1, 0.15) is 12.1 Å². The van der Waals surface area contributed by atoms with Gasteiger partial charge in [-0.05, 0) is 20.3 Å². The van der Waals surface area contributed by atoms with Crippen LogP contribution in [0.3, 0.4) is 0 Å². The van der Waals surface area contributed by atoms with Crippen LogP contribution in [-0.2, 0) is 4.79 Å². The number of hydrogen-bond acceptors (Lipinski definition) is 4. The lowest BCUT2D eigenvalue weighted by atomic mass is 9.88. The molecule has 1 rings (SSSR count). The standard InChI is InChI=1S/C11H17N3O2/c1-4-11(3,10(15)16)6-12-9-5-8(2)13-7-14-9/h5,7H,4,6H2,1-3H3,(H,15,16)(H,12,13,14). The lowest BCUT2D eigenvalue weighted by Gasteiger charge is -2.23. The van der Waals surface area contributed by atoms with Gasteiger partial charge in [0.15, 0.2) is 0 Å². The number of nitrogens with one attached hydrogen (secondary N) is 1. The van der Waals surface area contributed by atoms with Crippen LogP contribution >= 0.6 is 0 Å². The molecule has 16 heavy (non-hydrogen) atoms. The van der Waals surface area contributed by atoms with Crippen molar-refractivity contribution in [1.82, 2.24) is 9.97 Å². The van der Waals surface area contributed by atoms with Crippen molar-refractivity contribution in [2.45, 2.75) is 27.2 Å². The molecule has 0 aromatic carbocycles. The maximum Gasteiger partial charge on any atom is 0.311 e. The summed E-state index contributed by atoms with van der Waals surface area (Å²) in [5.41, 5.74) is 0.0878. The summed E-state index contributed by atoms with van der Waals surface area (Å²) in [7, 11) is 0. The molecule has 2 N–H and O–H groups in total. The summed E-state index contributed by atoms with van der Waals surface area (Å²) in [6.07, 6.45) is 2.03. The van der Waals surface area contributed by atoms with Gasteiger partial charge in [0.25, 0.3) is 0 Å². The molecule has 0 aliphatic carbocycles. The summed E-state index contributed by atoms with van der Waals surface area (Å²) in [4.78, 5) is 19.1. The lowest BCUT2D eigenvalue weighted by molar-refractivity contribution is -0.147. The van der Waals surface area contributed by atoms with Crippen molar-refractivity contribution in [2.24, 2.45) is 5.41 Å². The minimum absolute atomic E-state index is 0.356. The van der Waals surface area contributed by atoms with Gasteiger partial charge in [0.2, 0.25) is 0 Å². The molecule has 1 unspecified atom stereocenters. The number of carbonyl (C=O) groups is 1. The number of rotatable bonds is 5. The number of carboxylic acid groups (broad SMARTS) is 1. The number of hydrogen-bond donors (Lipinski definition) is 2. The minimum Gasteiger partial charge on any atom is -0.481 e. The highest BCUT2D eigenvalue weighted by molar-refractivity contribution is 5.74. The van der Waals surface area contributed by atoms with E-state index >= 15 is 0 Å². The van der Waals surface area contributed by atoms with E-state index in [0.29, 0.717) is 18.8 Å². The maximum absolute atomic E-state index is 11.1. The summed E-state index contributed by atoms with van der Waals surface area (Å²) in [6.45, 7) is 5.80. The molecule has 0 amide bonds. The largest absolute Gasteiger partial charge is 0.481 e. The molecule has 0 aliphatic rings. The molecule has 0 bridgehead atoms. The Morgan fingerprint density at radius 2 is 2.25 bits per heavy atom. The highest BCUT2D eigenvalue weighted by Crippen LogP contribution is 2.21. The van der Waals surface area contributed by atoms with Gasteiger partial charge in [-0.3, -0.25) is 4.79 Å². The molecule has 88 valence electrons. The molecule has 0 spiro atoms. The highest BCUT2D eigenvalue weighted by atomic mass is 16.4. The molecule has 1 atom stereocenters. The van der Waals surface area contributed by atoms with Crippen molar-refractivity contribution in [3.8, 4) is 0 Å². The van der Waals surface area contributed by atoms with E-state index in [2.05, 4.69) is 15.3 Å². The van der Waals surface area contributed by atoms with Gasteiger partial charge in [-0.15, -0.1) is 0 Å². The number of nitrogens with zero attached hydrogens (tertiary/aromatic N) is 2. The lowest BCUT2D eigenvalue weighted by Crippen LogP contribution is -2.34. The third-order valence-electron chi connectivity index (χ3n) is 2.76. The Hall–Kier alpha value is -1.65. The van der Waals surface area contributed by atoms with Crippen molar-refractivity contribution >= 4 is 11.8 Å². The molecule has 5 nitrogen and oxygen atoms in total. The summed E-state index contributed by atoms with van der Waals surface area (Å²) >= 11 is 0. The number of aliphatic carboxylic acids is 1. The normalized spacial score (nSPS) is 14.2. The molecular formula is C11H17N3O2. The fraction of sp³-hybridized carbons (Fsp3) is 0.545. The minimum atomic E-state index is -0.798. The summed E-state index contributed by atoms with van der Waals surface area (Å²) in [6, 6.07) is 1.79. The van der Waals surface area contributed by atoms with E-state index in [1.54, 1.807) is 13.0 Å². The molecule has 0 fully saturated rings. The second kappa shape index (κ2) is 4.92. The van der Waals surface area contributed by atoms with Crippen LogP contribution < -0.4 is 5.32 Å². The van der Waals surface area contributed by atoms with Crippen molar-refractivity contribution in [1.29, 1.82) is 0 Å². The van der Waals surface area contributed by atoms with Crippen molar-refractivity contribution in [2.75, 3.05) is 11.9 Å². The monoisotopic (exact) mass is 223 g/mol. The maximum atomic E-state index is 11.1. The van der Waals surface area contributed by atoms with Gasteiger partial charge in [0.05, 0.1) is 5.41 Å². The Labute approximate surface area is 94.9 Å². The van der Waals surface area contributed by atoms with Gasteiger partial charge < -0.3 is 10.4 Å². The quantitative estimate of drug-likeness (QED) is 0.794. The first-order valence-corrected chi connectivity index (χ1v) is 5.24. The summed E-state index contributed by atoms with van der Waals surface area (Å²) in [5.74, 6) is -0.137. The fourth-order valence-electron chi connectivity index (χ4n) is 1.19. The molecule has 0 aliphatic heterocycles. The van der Waals surface area contributed by atoms with Crippen LogP contribution in [0.2, 0.25) is 0 Å². The van der Waals surface area contributed by atoms with Gasteiger partial charge in [-0.2, -0.15) is 0 Å². The Morgan fingerprint density at radius 1 is 1.56 bits per heavy atom. The predicted molar refractivity (Wildman–Crippen MR) is 61.3 cm³/mol. The molecular weight excluding hydrogens is 206 g/mol. The van der Waals surface area contributed by atoms with Crippen LogP contribution in [0.1, 0.15) is 26.0 Å². The van der Waals surface area contributed by atoms with Crippen LogP contribution in [0.25, 0.3) is 0 Å². The Balaban J connectivity index is 2.66. The molecule has 1 aromatic heterocycles. The number of anilines is 1. The first-order valence-electron chi connectivity index (χ1n) is 5.24. The SMILES string of the molecule is CCC(C)(CNc1cc(C)ncn1)C(=O)O. The molecule has 5 heteroatoms. The fourth-order valence-corrected chi connectivity index (χ4v) is 1.19. The van der Waals surface area contributed by atoms with Crippen LogP contribution in [0.4, 0.5) is 5.82 Å². The summed E-state index contributed by atoms with van der Waals surface area (Å²) < 4.78 is 0. The molecule has 1 aromatic rings. The third kappa shape index (κ3) is 2.92. The van der Waals surface area contributed by atoms with Crippen LogP contribution in [0.15, 0.2) is 12.4 Å². The van der Waals surface area contributed by atoms with E-state index in [9.17, 15) is 4.79 Å². The molecule has 0 radical (unpaired) electrons. The number of aryl methyl sites for hydroxylation is 1. The second-order valence-corrected chi connectivity index (χ2v) is 4.12. The Morgan fingerprint density at radius 3 is 2.75 bits per heavy atom. The summed E-state index contributed by atoms with van der Waals surface area (Å²) in [5, 5.41) is 12.1. The Bertz CT molecular complexity index is 381. The van der Waals surface area contributed by atoms with Gasteiger partial charge in [0, 0.05) is 18.3 Å². The zero-order valence-corrected chi connectivity index (χ0v) is 9.82. The van der Waals surface area contributed by atoms with E-state index in [4.69, 9.17) is 5.11 Å². The molecule has 0 saturated carbocycles. The average molecular weight is 223 g/mol. The second-order valence-electron chi connectivity index (χ2n) is 4.12. The van der Waals surface area contributed by atoms with Gasteiger partial charge in [-0.25, -0.2) is 9.97 Å². The highest BCUT2D eigenvalue weighted by Gasteiger charge is 2.30. The van der Waals surface area contributed by atoms with Crippen LogP contribution in [0, 0.1) is 12.3 Å². The van der Waals surface area contributed by atoms with E-state index in [1.165, 1.54) is 6.33 Å². The van der Waals surface area contributed by atoms with E-state index < -0.39 is 11.4 Å². The first-order chi connectivity index (χ1) is 7.48. The van der Waals surface area contributed by atoms with E-state index in [0.717, 1.165) is 5.69 Å². The van der Waals surface area contributed by atoms with Crippen molar-refractivity contribution in [3.05, 3.63) is 18.1 Å². The first kappa shape index (κ1) is 12.4. The van der Waals surface area contributed by atoms with E-state index in [-0.39, 0.29) is 0 Å². The van der Waals surface area contributed by atoms with Crippen LogP contribution in [-0.4, -0.2) is 27.6 Å². The van der Waals surface area contributed by atoms with Gasteiger partial charge >= 0.3 is 5.97 Å².